The molecule has 5 nitrogen and oxygen atoms in total. The number of aromatic nitrogens is 1. The summed E-state index contributed by atoms with van der Waals surface area (Å²) in [5.74, 6) is 0.172. The van der Waals surface area contributed by atoms with Crippen molar-refractivity contribution in [2.24, 2.45) is 0 Å². The fraction of sp³-hybridized carbons (Fsp3) is 0.316. The lowest BCUT2D eigenvalue weighted by Crippen LogP contribution is -2.27. The molecular formula is C19H21N3O2. The number of carbonyl (C=O) groups is 2. The van der Waals surface area contributed by atoms with Crippen molar-refractivity contribution in [2.75, 3.05) is 18.0 Å². The van der Waals surface area contributed by atoms with Crippen molar-refractivity contribution in [1.82, 2.24) is 10.3 Å². The zero-order valence-electron chi connectivity index (χ0n) is 13.6. The Balaban J connectivity index is 1.47. The van der Waals surface area contributed by atoms with Crippen LogP contribution in [0.3, 0.4) is 0 Å². The van der Waals surface area contributed by atoms with E-state index in [-0.39, 0.29) is 11.8 Å². The molecule has 1 N–H and O–H groups in total. The molecule has 0 aliphatic carbocycles. The van der Waals surface area contributed by atoms with Gasteiger partial charge in [0.05, 0.1) is 6.42 Å². The highest BCUT2D eigenvalue weighted by atomic mass is 16.2. The fourth-order valence-electron chi connectivity index (χ4n) is 2.84. The highest BCUT2D eigenvalue weighted by molar-refractivity contribution is 5.95. The second-order valence-electron chi connectivity index (χ2n) is 5.91. The smallest absolute Gasteiger partial charge is 0.227 e. The number of amides is 2. The van der Waals surface area contributed by atoms with Crippen LogP contribution in [0, 0.1) is 0 Å². The fourth-order valence-corrected chi connectivity index (χ4v) is 2.84. The van der Waals surface area contributed by atoms with E-state index in [4.69, 9.17) is 0 Å². The van der Waals surface area contributed by atoms with E-state index >= 15 is 0 Å². The molecule has 1 aromatic carbocycles. The Morgan fingerprint density at radius 2 is 2.00 bits per heavy atom. The third-order valence-electron chi connectivity index (χ3n) is 4.12. The van der Waals surface area contributed by atoms with E-state index in [0.29, 0.717) is 19.4 Å². The summed E-state index contributed by atoms with van der Waals surface area (Å²) in [6.45, 7) is 1.36. The van der Waals surface area contributed by atoms with Crippen LogP contribution < -0.4 is 10.2 Å². The van der Waals surface area contributed by atoms with Crippen LogP contribution in [0.1, 0.15) is 24.1 Å². The van der Waals surface area contributed by atoms with Gasteiger partial charge in [0, 0.05) is 43.5 Å². The highest BCUT2D eigenvalue weighted by Crippen LogP contribution is 2.21. The summed E-state index contributed by atoms with van der Waals surface area (Å²) in [4.78, 5) is 29.8. The Hall–Kier alpha value is -2.69. The number of carbonyl (C=O) groups excluding carboxylic acids is 2. The third-order valence-corrected chi connectivity index (χ3v) is 4.12. The van der Waals surface area contributed by atoms with Gasteiger partial charge in [-0.25, -0.2) is 0 Å². The minimum atomic E-state index is -0.00377. The minimum Gasteiger partial charge on any atom is -0.355 e. The molecule has 3 rings (SSSR count). The molecule has 0 atom stereocenters. The van der Waals surface area contributed by atoms with Crippen molar-refractivity contribution < 1.29 is 9.59 Å². The molecule has 5 heteroatoms. The number of benzene rings is 1. The molecule has 124 valence electrons. The Bertz CT molecular complexity index is 698. The summed E-state index contributed by atoms with van der Waals surface area (Å²) < 4.78 is 0. The molecule has 0 saturated carbocycles. The predicted molar refractivity (Wildman–Crippen MR) is 92.7 cm³/mol. The largest absolute Gasteiger partial charge is 0.355 e. The average molecular weight is 323 g/mol. The second-order valence-corrected chi connectivity index (χ2v) is 5.91. The predicted octanol–water partition coefficient (Wildman–Crippen LogP) is 2.11. The maximum absolute atomic E-state index is 12.0. The normalized spacial score (nSPS) is 14.0. The Morgan fingerprint density at radius 3 is 2.67 bits per heavy atom. The van der Waals surface area contributed by atoms with Gasteiger partial charge in [0.1, 0.15) is 0 Å². The molecule has 2 amide bonds. The van der Waals surface area contributed by atoms with E-state index in [1.807, 2.05) is 42.5 Å². The van der Waals surface area contributed by atoms with Crippen LogP contribution in [-0.2, 0) is 22.4 Å². The zero-order valence-corrected chi connectivity index (χ0v) is 13.6. The summed E-state index contributed by atoms with van der Waals surface area (Å²) in [5.41, 5.74) is 2.83. The van der Waals surface area contributed by atoms with Gasteiger partial charge in [-0.15, -0.1) is 0 Å². The quantitative estimate of drug-likeness (QED) is 0.885. The third kappa shape index (κ3) is 4.19. The van der Waals surface area contributed by atoms with Crippen LogP contribution in [0.5, 0.6) is 0 Å². The van der Waals surface area contributed by atoms with E-state index in [1.54, 1.807) is 11.1 Å². The van der Waals surface area contributed by atoms with Crippen molar-refractivity contribution in [1.29, 1.82) is 0 Å². The molecule has 24 heavy (non-hydrogen) atoms. The van der Waals surface area contributed by atoms with Gasteiger partial charge in [0.2, 0.25) is 11.8 Å². The second kappa shape index (κ2) is 7.73. The first-order valence-corrected chi connectivity index (χ1v) is 8.28. The number of rotatable bonds is 6. The van der Waals surface area contributed by atoms with Crippen LogP contribution in [-0.4, -0.2) is 29.9 Å². The van der Waals surface area contributed by atoms with Gasteiger partial charge >= 0.3 is 0 Å². The number of pyridine rings is 1. The number of nitrogens with zero attached hydrogens (tertiary/aromatic N) is 2. The van der Waals surface area contributed by atoms with Crippen LogP contribution in [0.2, 0.25) is 0 Å². The van der Waals surface area contributed by atoms with E-state index in [0.717, 1.165) is 36.3 Å². The molecule has 0 spiro atoms. The van der Waals surface area contributed by atoms with Crippen molar-refractivity contribution in [3.63, 3.8) is 0 Å². The van der Waals surface area contributed by atoms with E-state index in [2.05, 4.69) is 10.3 Å². The zero-order chi connectivity index (χ0) is 16.8. The number of hydrogen-bond acceptors (Lipinski definition) is 3. The van der Waals surface area contributed by atoms with Crippen LogP contribution in [0.25, 0.3) is 0 Å². The van der Waals surface area contributed by atoms with Crippen LogP contribution in [0.4, 0.5) is 5.69 Å². The van der Waals surface area contributed by atoms with E-state index in [9.17, 15) is 9.59 Å². The molecular weight excluding hydrogens is 302 g/mol. The lowest BCUT2D eigenvalue weighted by Gasteiger charge is -2.15. The molecule has 0 radical (unpaired) electrons. The lowest BCUT2D eigenvalue weighted by molar-refractivity contribution is -0.120. The summed E-state index contributed by atoms with van der Waals surface area (Å²) in [5, 5.41) is 2.91. The summed E-state index contributed by atoms with van der Waals surface area (Å²) >= 11 is 0. The number of hydrogen-bond donors (Lipinski definition) is 1. The SMILES string of the molecule is O=C(Cc1ccc(N2CCCC2=O)cc1)NCCc1ccccn1. The molecule has 0 bridgehead atoms. The van der Waals surface area contributed by atoms with Gasteiger partial charge < -0.3 is 10.2 Å². The molecule has 1 aliphatic heterocycles. The van der Waals surface area contributed by atoms with Crippen molar-refractivity contribution >= 4 is 17.5 Å². The molecule has 2 heterocycles. The first kappa shape index (κ1) is 16.2. The number of anilines is 1. The van der Waals surface area contributed by atoms with Gasteiger partial charge in [-0.3, -0.25) is 14.6 Å². The minimum absolute atomic E-state index is 0.00377. The molecule has 1 aliphatic rings. The maximum Gasteiger partial charge on any atom is 0.227 e. The van der Waals surface area contributed by atoms with Crippen molar-refractivity contribution in [3.05, 3.63) is 59.9 Å². The van der Waals surface area contributed by atoms with Gasteiger partial charge in [-0.1, -0.05) is 18.2 Å². The molecule has 2 aromatic rings. The van der Waals surface area contributed by atoms with Gasteiger partial charge in [-0.05, 0) is 36.2 Å². The summed E-state index contributed by atoms with van der Waals surface area (Å²) in [6, 6.07) is 13.4. The Labute approximate surface area is 141 Å². The molecule has 0 unspecified atom stereocenters. The van der Waals surface area contributed by atoms with Crippen molar-refractivity contribution in [2.45, 2.75) is 25.7 Å². The topological polar surface area (TPSA) is 62.3 Å². The Morgan fingerprint density at radius 1 is 1.17 bits per heavy atom. The van der Waals surface area contributed by atoms with Crippen LogP contribution in [0.15, 0.2) is 48.7 Å². The highest BCUT2D eigenvalue weighted by Gasteiger charge is 2.21. The number of nitrogens with one attached hydrogen (secondary N) is 1. The van der Waals surface area contributed by atoms with Gasteiger partial charge in [0.25, 0.3) is 0 Å². The van der Waals surface area contributed by atoms with Crippen molar-refractivity contribution in [3.8, 4) is 0 Å². The van der Waals surface area contributed by atoms with Gasteiger partial charge in [0.15, 0.2) is 0 Å². The van der Waals surface area contributed by atoms with Gasteiger partial charge in [-0.2, -0.15) is 0 Å². The summed E-state index contributed by atoms with van der Waals surface area (Å²) in [6.07, 6.45) is 4.36. The molecule has 1 saturated heterocycles. The lowest BCUT2D eigenvalue weighted by atomic mass is 10.1. The first-order chi connectivity index (χ1) is 11.7. The summed E-state index contributed by atoms with van der Waals surface area (Å²) in [7, 11) is 0. The first-order valence-electron chi connectivity index (χ1n) is 8.28. The monoisotopic (exact) mass is 323 g/mol. The molecule has 1 fully saturated rings. The maximum atomic E-state index is 12.0. The van der Waals surface area contributed by atoms with E-state index < -0.39 is 0 Å². The van der Waals surface area contributed by atoms with Crippen LogP contribution >= 0.6 is 0 Å². The average Bonchev–Trinajstić information content (AvgIpc) is 3.03. The molecule has 1 aromatic heterocycles. The standard InChI is InChI=1S/C19H21N3O2/c23-18(21-12-10-16-4-1-2-11-20-16)14-15-6-8-17(9-7-15)22-13-3-5-19(22)24/h1-2,4,6-9,11H,3,5,10,12-14H2,(H,21,23). The Kier molecular flexibility index (Phi) is 5.21. The van der Waals surface area contributed by atoms with E-state index in [1.165, 1.54) is 0 Å².